The fourth-order valence-electron chi connectivity index (χ4n) is 3.49. The van der Waals surface area contributed by atoms with Crippen molar-refractivity contribution in [1.82, 2.24) is 14.8 Å². The highest BCUT2D eigenvalue weighted by Gasteiger charge is 2.28. The van der Waals surface area contributed by atoms with E-state index < -0.39 is 0 Å². The highest BCUT2D eigenvalue weighted by Crippen LogP contribution is 2.22. The second kappa shape index (κ2) is 8.21. The van der Waals surface area contributed by atoms with Crippen LogP contribution in [-0.4, -0.2) is 59.2 Å². The number of nitrogens with one attached hydrogen (secondary N) is 1. The molecule has 0 saturated carbocycles. The number of benzene rings is 1. The van der Waals surface area contributed by atoms with Crippen molar-refractivity contribution in [3.8, 4) is 5.75 Å². The first-order valence-corrected chi connectivity index (χ1v) is 9.57. The van der Waals surface area contributed by atoms with Crippen LogP contribution in [-0.2, 0) is 4.79 Å². The standard InChI is InChI=1S/C21H25N5O2/c1-17(27)24-13-9-19(15-24)25-14-10-22-21(16-25)28-20-7-5-18(6-8-20)23-26-11-3-2-4-12-26/h2-8,10-11,16,19,23H,9,12-15H2,1H3. The van der Waals surface area contributed by atoms with Gasteiger partial charge in [0.25, 0.3) is 0 Å². The van der Waals surface area contributed by atoms with Crippen molar-refractivity contribution in [3.63, 3.8) is 0 Å². The van der Waals surface area contributed by atoms with Gasteiger partial charge in [0.2, 0.25) is 11.8 Å². The first-order valence-electron chi connectivity index (χ1n) is 9.57. The first-order chi connectivity index (χ1) is 13.7. The van der Waals surface area contributed by atoms with E-state index in [2.05, 4.69) is 21.4 Å². The van der Waals surface area contributed by atoms with Gasteiger partial charge in [-0.25, -0.2) is 4.99 Å². The lowest BCUT2D eigenvalue weighted by atomic mass is 10.2. The molecule has 1 atom stereocenters. The Morgan fingerprint density at radius 3 is 2.79 bits per heavy atom. The molecule has 1 aromatic carbocycles. The third-order valence-corrected chi connectivity index (χ3v) is 5.03. The molecule has 4 rings (SSSR count). The van der Waals surface area contributed by atoms with Gasteiger partial charge in [0.15, 0.2) is 0 Å². The Morgan fingerprint density at radius 2 is 2.07 bits per heavy atom. The summed E-state index contributed by atoms with van der Waals surface area (Å²) in [6, 6.07) is 8.12. The van der Waals surface area contributed by atoms with Crippen molar-refractivity contribution in [3.05, 3.63) is 60.8 Å². The Labute approximate surface area is 165 Å². The highest BCUT2D eigenvalue weighted by atomic mass is 16.5. The van der Waals surface area contributed by atoms with Crippen LogP contribution in [0.3, 0.4) is 0 Å². The number of amides is 1. The van der Waals surface area contributed by atoms with Crippen molar-refractivity contribution < 1.29 is 9.53 Å². The zero-order valence-corrected chi connectivity index (χ0v) is 16.0. The fourth-order valence-corrected chi connectivity index (χ4v) is 3.49. The highest BCUT2D eigenvalue weighted by molar-refractivity contribution is 5.73. The summed E-state index contributed by atoms with van der Waals surface area (Å²) in [6.07, 6.45) is 12.9. The van der Waals surface area contributed by atoms with Gasteiger partial charge in [-0.1, -0.05) is 12.2 Å². The molecule has 0 aromatic heterocycles. The van der Waals surface area contributed by atoms with E-state index >= 15 is 0 Å². The number of anilines is 1. The predicted molar refractivity (Wildman–Crippen MR) is 110 cm³/mol. The van der Waals surface area contributed by atoms with E-state index in [0.29, 0.717) is 11.9 Å². The number of hydrogen-bond acceptors (Lipinski definition) is 6. The van der Waals surface area contributed by atoms with Crippen LogP contribution in [0.4, 0.5) is 5.69 Å². The zero-order chi connectivity index (χ0) is 19.3. The quantitative estimate of drug-likeness (QED) is 0.852. The molecule has 0 radical (unpaired) electrons. The van der Waals surface area contributed by atoms with Crippen LogP contribution in [0.1, 0.15) is 13.3 Å². The van der Waals surface area contributed by atoms with Crippen molar-refractivity contribution >= 4 is 17.8 Å². The fraction of sp³-hybridized carbons (Fsp3) is 0.333. The number of carbonyl (C=O) groups is 1. The molecule has 7 heteroatoms. The predicted octanol–water partition coefficient (Wildman–Crippen LogP) is 2.58. The third-order valence-electron chi connectivity index (χ3n) is 5.03. The summed E-state index contributed by atoms with van der Waals surface area (Å²) in [7, 11) is 0. The third kappa shape index (κ3) is 4.36. The van der Waals surface area contributed by atoms with E-state index in [1.807, 2.05) is 64.9 Å². The monoisotopic (exact) mass is 379 g/mol. The van der Waals surface area contributed by atoms with Gasteiger partial charge >= 0.3 is 0 Å². The van der Waals surface area contributed by atoms with Crippen molar-refractivity contribution in [1.29, 1.82) is 0 Å². The van der Waals surface area contributed by atoms with Gasteiger partial charge in [-0.3, -0.25) is 15.2 Å². The number of carbonyl (C=O) groups excluding carboxylic acids is 1. The molecule has 7 nitrogen and oxygen atoms in total. The summed E-state index contributed by atoms with van der Waals surface area (Å²) in [4.78, 5) is 20.0. The maximum absolute atomic E-state index is 11.6. The molecule has 1 amide bonds. The topological polar surface area (TPSA) is 60.4 Å². The number of nitrogens with zero attached hydrogens (tertiary/aromatic N) is 4. The molecule has 1 N–H and O–H groups in total. The minimum Gasteiger partial charge on any atom is -0.438 e. The molecule has 0 spiro atoms. The van der Waals surface area contributed by atoms with Crippen LogP contribution in [0.15, 0.2) is 65.8 Å². The number of hydrazine groups is 1. The molecule has 1 aromatic rings. The molecule has 0 bridgehead atoms. The summed E-state index contributed by atoms with van der Waals surface area (Å²) in [5.41, 5.74) is 4.32. The Morgan fingerprint density at radius 1 is 1.21 bits per heavy atom. The van der Waals surface area contributed by atoms with E-state index in [1.54, 1.807) is 6.92 Å². The minimum atomic E-state index is 0.137. The summed E-state index contributed by atoms with van der Waals surface area (Å²) >= 11 is 0. The number of likely N-dealkylation sites (tertiary alicyclic amines) is 1. The Bertz CT molecular complexity index is 828. The Kier molecular flexibility index (Phi) is 5.32. The molecule has 1 fully saturated rings. The molecule has 1 saturated heterocycles. The molecule has 3 heterocycles. The lowest BCUT2D eigenvalue weighted by Crippen LogP contribution is -2.37. The van der Waals surface area contributed by atoms with Gasteiger partial charge in [0.1, 0.15) is 5.75 Å². The van der Waals surface area contributed by atoms with Crippen molar-refractivity contribution in [2.24, 2.45) is 4.99 Å². The van der Waals surface area contributed by atoms with Gasteiger partial charge in [0.05, 0.1) is 25.0 Å². The van der Waals surface area contributed by atoms with Crippen LogP contribution >= 0.6 is 0 Å². The molecule has 0 aliphatic carbocycles. The second-order valence-electron chi connectivity index (χ2n) is 7.04. The number of ether oxygens (including phenoxy) is 1. The van der Waals surface area contributed by atoms with E-state index in [0.717, 1.165) is 44.0 Å². The Balaban J connectivity index is 1.35. The van der Waals surface area contributed by atoms with Crippen LogP contribution in [0.5, 0.6) is 5.75 Å². The second-order valence-corrected chi connectivity index (χ2v) is 7.04. The smallest absolute Gasteiger partial charge is 0.235 e. The molecule has 1 unspecified atom stereocenters. The lowest BCUT2D eigenvalue weighted by Gasteiger charge is -2.28. The van der Waals surface area contributed by atoms with Gasteiger partial charge in [-0.05, 0) is 36.8 Å². The summed E-state index contributed by atoms with van der Waals surface area (Å²) < 4.78 is 5.94. The van der Waals surface area contributed by atoms with E-state index in [9.17, 15) is 4.79 Å². The van der Waals surface area contributed by atoms with Crippen molar-refractivity contribution in [2.75, 3.05) is 31.6 Å². The van der Waals surface area contributed by atoms with Crippen LogP contribution in [0, 0.1) is 0 Å². The first kappa shape index (κ1) is 18.2. The number of aliphatic imine (C=N–C) groups is 1. The minimum absolute atomic E-state index is 0.137. The van der Waals surface area contributed by atoms with E-state index in [4.69, 9.17) is 4.74 Å². The lowest BCUT2D eigenvalue weighted by molar-refractivity contribution is -0.127. The molecule has 146 valence electrons. The van der Waals surface area contributed by atoms with Gasteiger partial charge in [-0.2, -0.15) is 0 Å². The van der Waals surface area contributed by atoms with Gasteiger partial charge in [-0.15, -0.1) is 0 Å². The molecule has 3 aliphatic heterocycles. The van der Waals surface area contributed by atoms with E-state index in [-0.39, 0.29) is 5.91 Å². The molecule has 3 aliphatic rings. The maximum atomic E-state index is 11.6. The normalized spacial score (nSPS) is 21.1. The van der Waals surface area contributed by atoms with Crippen LogP contribution in [0.2, 0.25) is 0 Å². The van der Waals surface area contributed by atoms with Crippen LogP contribution in [0.25, 0.3) is 0 Å². The van der Waals surface area contributed by atoms with Gasteiger partial charge < -0.3 is 14.5 Å². The summed E-state index contributed by atoms with van der Waals surface area (Å²) in [5.74, 6) is 1.44. The average Bonchev–Trinajstić information content (AvgIpc) is 3.21. The molecule has 28 heavy (non-hydrogen) atoms. The largest absolute Gasteiger partial charge is 0.438 e. The number of hydrogen-bond donors (Lipinski definition) is 1. The van der Waals surface area contributed by atoms with Gasteiger partial charge in [0, 0.05) is 38.5 Å². The number of rotatable bonds is 5. The van der Waals surface area contributed by atoms with Crippen LogP contribution < -0.4 is 10.2 Å². The van der Waals surface area contributed by atoms with E-state index in [1.165, 1.54) is 0 Å². The summed E-state index contributed by atoms with van der Waals surface area (Å²) in [6.45, 7) is 4.77. The maximum Gasteiger partial charge on any atom is 0.235 e. The SMILES string of the molecule is CC(=O)N1CCC(N2C=C(Oc3ccc(NN4C=CC=CC4)cc3)N=CC2)C1. The zero-order valence-electron chi connectivity index (χ0n) is 16.0. The average molecular weight is 379 g/mol. The summed E-state index contributed by atoms with van der Waals surface area (Å²) in [5, 5.41) is 2.01. The Hall–Kier alpha value is -3.22. The number of allylic oxidation sites excluding steroid dienone is 2. The van der Waals surface area contributed by atoms with Crippen molar-refractivity contribution in [2.45, 2.75) is 19.4 Å². The molecular formula is C21H25N5O2. The molecular weight excluding hydrogens is 354 g/mol.